The molecule has 44 heavy (non-hydrogen) atoms. The molecule has 1 N–H and O–H groups in total. The third-order valence-corrected chi connectivity index (χ3v) is 7.19. The van der Waals surface area contributed by atoms with Crippen molar-refractivity contribution in [2.75, 3.05) is 21.3 Å². The third kappa shape index (κ3) is 6.01. The molecule has 10 nitrogen and oxygen atoms in total. The molecule has 1 fully saturated rings. The fraction of sp³-hybridized carbons (Fsp3) is 0.294. The van der Waals surface area contributed by atoms with Crippen LogP contribution < -0.4 is 19.5 Å². The number of nitrogens with one attached hydrogen (secondary N) is 1. The monoisotopic (exact) mass is 596 g/mol. The molecule has 0 saturated carbocycles. The molecule has 0 radical (unpaired) electrons. The van der Waals surface area contributed by atoms with Gasteiger partial charge in [0.25, 0.3) is 0 Å². The highest BCUT2D eigenvalue weighted by atomic mass is 16.5. The second-order valence-electron chi connectivity index (χ2n) is 9.43. The number of hydrogen-bond acceptors (Lipinski definition) is 7. The van der Waals surface area contributed by atoms with E-state index in [4.69, 9.17) is 29.2 Å². The van der Waals surface area contributed by atoms with Gasteiger partial charge in [0.15, 0.2) is 17.2 Å². The molecule has 0 spiro atoms. The van der Waals surface area contributed by atoms with Gasteiger partial charge in [-0.1, -0.05) is 64.1 Å². The number of carbonyl (C=O) groups excluding carboxylic acids is 1. The number of rotatable bonds is 8. The van der Waals surface area contributed by atoms with Gasteiger partial charge in [-0.3, -0.25) is 4.90 Å². The summed E-state index contributed by atoms with van der Waals surface area (Å²) in [6.07, 6.45) is 3.24. The van der Waals surface area contributed by atoms with Crippen LogP contribution in [0.3, 0.4) is 0 Å². The van der Waals surface area contributed by atoms with Crippen LogP contribution in [-0.2, 0) is 18.6 Å². The SMILES string of the molecule is CC.CC.COc1ccc(CN2C(=O)NC3(c4ccc(OC)cc4)C2=NC=Nc2c3ncn2Cc2ccc(OC)cc2)cc1. The van der Waals surface area contributed by atoms with Crippen molar-refractivity contribution in [2.24, 2.45) is 9.98 Å². The summed E-state index contributed by atoms with van der Waals surface area (Å²) in [5.41, 5.74) is 2.20. The van der Waals surface area contributed by atoms with Gasteiger partial charge >= 0.3 is 6.03 Å². The zero-order valence-corrected chi connectivity index (χ0v) is 26.4. The molecule has 4 aromatic rings. The molecule has 1 atom stereocenters. The topological polar surface area (TPSA) is 103 Å². The molecule has 10 heteroatoms. The number of urea groups is 1. The molecule has 1 unspecified atom stereocenters. The molecule has 230 valence electrons. The Labute approximate surface area is 259 Å². The van der Waals surface area contributed by atoms with Crippen molar-refractivity contribution in [3.05, 3.63) is 102 Å². The molecule has 6 rings (SSSR count). The molecular formula is C34H40N6O4. The van der Waals surface area contributed by atoms with Crippen LogP contribution in [0, 0.1) is 0 Å². The van der Waals surface area contributed by atoms with E-state index in [1.54, 1.807) is 32.6 Å². The van der Waals surface area contributed by atoms with Gasteiger partial charge in [0.2, 0.25) is 0 Å². The fourth-order valence-corrected chi connectivity index (χ4v) is 5.11. The summed E-state index contributed by atoms with van der Waals surface area (Å²) in [5, 5.41) is 3.22. The summed E-state index contributed by atoms with van der Waals surface area (Å²) >= 11 is 0. The average molecular weight is 597 g/mol. The molecule has 2 aliphatic heterocycles. The van der Waals surface area contributed by atoms with Crippen LogP contribution in [0.1, 0.15) is 50.1 Å². The Morgan fingerprint density at radius 2 is 1.23 bits per heavy atom. The Balaban J connectivity index is 0.00000106. The Morgan fingerprint density at radius 3 is 1.75 bits per heavy atom. The minimum atomic E-state index is -1.16. The predicted octanol–water partition coefficient (Wildman–Crippen LogP) is 6.55. The summed E-state index contributed by atoms with van der Waals surface area (Å²) < 4.78 is 17.9. The van der Waals surface area contributed by atoms with E-state index in [-0.39, 0.29) is 6.03 Å². The predicted molar refractivity (Wildman–Crippen MR) is 173 cm³/mol. The largest absolute Gasteiger partial charge is 0.497 e. The Bertz CT molecular complexity index is 1590. The maximum atomic E-state index is 13.6. The number of carbonyl (C=O) groups is 1. The van der Waals surface area contributed by atoms with Crippen molar-refractivity contribution in [2.45, 2.75) is 46.3 Å². The first kappa shape index (κ1) is 31.8. The number of fused-ring (bicyclic) bond motifs is 3. The highest BCUT2D eigenvalue weighted by Gasteiger charge is 2.55. The van der Waals surface area contributed by atoms with Crippen molar-refractivity contribution in [1.29, 1.82) is 0 Å². The van der Waals surface area contributed by atoms with Gasteiger partial charge < -0.3 is 24.1 Å². The van der Waals surface area contributed by atoms with Gasteiger partial charge in [-0.25, -0.2) is 19.8 Å². The van der Waals surface area contributed by atoms with Crippen molar-refractivity contribution in [3.8, 4) is 17.2 Å². The molecule has 0 bridgehead atoms. The van der Waals surface area contributed by atoms with E-state index in [2.05, 4.69) is 5.32 Å². The fourth-order valence-electron chi connectivity index (χ4n) is 5.11. The van der Waals surface area contributed by atoms with E-state index in [0.29, 0.717) is 36.2 Å². The van der Waals surface area contributed by atoms with Gasteiger partial charge in [-0.15, -0.1) is 0 Å². The first-order valence-electron chi connectivity index (χ1n) is 14.7. The number of amidine groups is 1. The lowest BCUT2D eigenvalue weighted by Crippen LogP contribution is -2.45. The summed E-state index contributed by atoms with van der Waals surface area (Å²) in [6.45, 7) is 8.84. The zero-order valence-electron chi connectivity index (χ0n) is 26.4. The highest BCUT2D eigenvalue weighted by molar-refractivity contribution is 6.15. The van der Waals surface area contributed by atoms with E-state index in [0.717, 1.165) is 28.2 Å². The molecule has 3 heterocycles. The Morgan fingerprint density at radius 1 is 0.727 bits per heavy atom. The quantitative estimate of drug-likeness (QED) is 0.249. The highest BCUT2D eigenvalue weighted by Crippen LogP contribution is 2.42. The number of methoxy groups -OCH3 is 3. The number of ether oxygens (including phenoxy) is 3. The van der Waals surface area contributed by atoms with Gasteiger partial charge in [-0.2, -0.15) is 0 Å². The molecule has 2 aliphatic rings. The summed E-state index contributed by atoms with van der Waals surface area (Å²) in [7, 11) is 4.88. The number of imidazole rings is 1. The van der Waals surface area contributed by atoms with Crippen LogP contribution in [0.5, 0.6) is 17.2 Å². The van der Waals surface area contributed by atoms with E-state index in [1.807, 2.05) is 105 Å². The first-order valence-corrected chi connectivity index (χ1v) is 14.7. The number of benzene rings is 3. The van der Waals surface area contributed by atoms with Crippen molar-refractivity contribution in [3.63, 3.8) is 0 Å². The molecule has 1 saturated heterocycles. The summed E-state index contributed by atoms with van der Waals surface area (Å²) in [5.74, 6) is 3.34. The van der Waals surface area contributed by atoms with Crippen molar-refractivity contribution in [1.82, 2.24) is 19.8 Å². The molecule has 1 aromatic heterocycles. The number of amides is 2. The third-order valence-electron chi connectivity index (χ3n) is 7.19. The summed E-state index contributed by atoms with van der Waals surface area (Å²) in [6, 6.07) is 22.7. The van der Waals surface area contributed by atoms with Crippen LogP contribution >= 0.6 is 0 Å². The molecule has 0 aliphatic carbocycles. The van der Waals surface area contributed by atoms with E-state index < -0.39 is 5.54 Å². The van der Waals surface area contributed by atoms with E-state index in [1.165, 1.54) is 6.34 Å². The number of aromatic nitrogens is 2. The van der Waals surface area contributed by atoms with E-state index >= 15 is 0 Å². The van der Waals surface area contributed by atoms with Gasteiger partial charge in [0, 0.05) is 0 Å². The van der Waals surface area contributed by atoms with Gasteiger partial charge in [0.1, 0.15) is 29.3 Å². The molecule has 2 amide bonds. The first-order chi connectivity index (χ1) is 21.5. The van der Waals surface area contributed by atoms with Crippen LogP contribution in [-0.4, -0.2) is 54.0 Å². The van der Waals surface area contributed by atoms with Crippen LogP contribution in [0.2, 0.25) is 0 Å². The lowest BCUT2D eigenvalue weighted by Gasteiger charge is -2.28. The maximum Gasteiger partial charge on any atom is 0.324 e. The minimum absolute atomic E-state index is 0.281. The zero-order chi connectivity index (χ0) is 31.7. The minimum Gasteiger partial charge on any atom is -0.497 e. The van der Waals surface area contributed by atoms with Crippen molar-refractivity contribution < 1.29 is 19.0 Å². The smallest absolute Gasteiger partial charge is 0.324 e. The van der Waals surface area contributed by atoms with Crippen LogP contribution in [0.4, 0.5) is 10.6 Å². The lowest BCUT2D eigenvalue weighted by molar-refractivity contribution is 0.225. The average Bonchev–Trinajstić information content (AvgIpc) is 3.56. The lowest BCUT2D eigenvalue weighted by atomic mass is 9.85. The normalized spacial score (nSPS) is 16.1. The Hall–Kier alpha value is -5.12. The Kier molecular flexibility index (Phi) is 10.4. The number of nitrogens with zero attached hydrogens (tertiary/aromatic N) is 5. The standard InChI is InChI=1S/C30H28N6O4.2C2H6/c1-38-23-10-4-20(5-11-23)16-35-19-33-26-27(35)31-18-32-28-30(26,22-8-14-25(40-3)15-9-22)34-29(37)36(28)17-21-6-12-24(39-2)13-7-21;2*1-2/h4-15,18-19H,16-17H2,1-3H3,(H,34,37);2*1-2H3. The molecule has 3 aromatic carbocycles. The maximum absolute atomic E-state index is 13.6. The van der Waals surface area contributed by atoms with Crippen molar-refractivity contribution >= 4 is 24.0 Å². The molecular weight excluding hydrogens is 556 g/mol. The summed E-state index contributed by atoms with van der Waals surface area (Å²) in [4.78, 5) is 29.5. The van der Waals surface area contributed by atoms with Gasteiger partial charge in [0.05, 0.1) is 40.7 Å². The van der Waals surface area contributed by atoms with Crippen LogP contribution in [0.25, 0.3) is 0 Å². The second kappa shape index (κ2) is 14.4. The van der Waals surface area contributed by atoms with Crippen LogP contribution in [0.15, 0.2) is 89.1 Å². The second-order valence-corrected chi connectivity index (χ2v) is 9.43. The number of hydrogen-bond donors (Lipinski definition) is 1. The van der Waals surface area contributed by atoms with E-state index in [9.17, 15) is 4.79 Å². The number of aliphatic imine (C=N–C) groups is 2. The van der Waals surface area contributed by atoms with Gasteiger partial charge in [-0.05, 0) is 53.1 Å².